The van der Waals surface area contributed by atoms with E-state index >= 15 is 0 Å². The molecule has 178 valence electrons. The van der Waals surface area contributed by atoms with Crippen molar-refractivity contribution in [1.82, 2.24) is 10.2 Å². The van der Waals surface area contributed by atoms with Crippen molar-refractivity contribution < 1.29 is 18.7 Å². The molecule has 1 aliphatic rings. The maximum absolute atomic E-state index is 13.9. The zero-order chi connectivity index (χ0) is 25.0. The van der Waals surface area contributed by atoms with Crippen LogP contribution in [0.15, 0.2) is 84.4 Å². The van der Waals surface area contributed by atoms with Crippen LogP contribution in [-0.2, 0) is 4.79 Å². The van der Waals surface area contributed by atoms with Crippen molar-refractivity contribution in [3.8, 4) is 11.1 Å². The SMILES string of the molecule is C=C1C=C(C(=O)NC)C=CN1/C(=C(\CC)c1ccccc1-c1ccc(C)cc1C)C(O)C(F)F. The van der Waals surface area contributed by atoms with Crippen LogP contribution in [0.3, 0.4) is 0 Å². The first-order valence-electron chi connectivity index (χ1n) is 11.2. The Balaban J connectivity index is 2.24. The van der Waals surface area contributed by atoms with Gasteiger partial charge in [0.15, 0.2) is 6.10 Å². The molecule has 0 spiro atoms. The number of benzene rings is 2. The maximum atomic E-state index is 13.9. The van der Waals surface area contributed by atoms with Crippen LogP contribution >= 0.6 is 0 Å². The molecule has 1 unspecified atom stereocenters. The van der Waals surface area contributed by atoms with E-state index in [0.29, 0.717) is 23.3 Å². The summed E-state index contributed by atoms with van der Waals surface area (Å²) in [5.41, 5.74) is 6.13. The van der Waals surface area contributed by atoms with Gasteiger partial charge >= 0.3 is 0 Å². The fourth-order valence-corrected chi connectivity index (χ4v) is 4.26. The normalized spacial score (nSPS) is 15.2. The lowest BCUT2D eigenvalue weighted by molar-refractivity contribution is -0.116. The third kappa shape index (κ3) is 5.02. The maximum Gasteiger partial charge on any atom is 0.269 e. The van der Waals surface area contributed by atoms with E-state index in [1.807, 2.05) is 57.2 Å². The second-order valence-corrected chi connectivity index (χ2v) is 8.22. The summed E-state index contributed by atoms with van der Waals surface area (Å²) in [6, 6.07) is 13.7. The summed E-state index contributed by atoms with van der Waals surface area (Å²) in [6.45, 7) is 9.88. The molecule has 0 fully saturated rings. The minimum Gasteiger partial charge on any atom is -0.381 e. The number of aryl methyl sites for hydroxylation is 2. The number of alkyl halides is 2. The Morgan fingerprint density at radius 2 is 1.85 bits per heavy atom. The van der Waals surface area contributed by atoms with E-state index < -0.39 is 12.5 Å². The van der Waals surface area contributed by atoms with Crippen LogP contribution < -0.4 is 5.32 Å². The molecule has 0 aliphatic carbocycles. The number of nitrogens with zero attached hydrogens (tertiary/aromatic N) is 1. The summed E-state index contributed by atoms with van der Waals surface area (Å²) in [7, 11) is 1.51. The molecule has 2 N–H and O–H groups in total. The zero-order valence-corrected chi connectivity index (χ0v) is 19.9. The highest BCUT2D eigenvalue weighted by atomic mass is 19.3. The number of rotatable bonds is 7. The van der Waals surface area contributed by atoms with E-state index in [1.165, 1.54) is 30.3 Å². The highest BCUT2D eigenvalue weighted by Gasteiger charge is 2.31. The third-order valence-electron chi connectivity index (χ3n) is 5.89. The Kier molecular flexibility index (Phi) is 7.84. The molecule has 1 heterocycles. The van der Waals surface area contributed by atoms with Gasteiger partial charge in [-0.05, 0) is 60.2 Å². The van der Waals surface area contributed by atoms with Crippen LogP contribution in [0.4, 0.5) is 8.78 Å². The average molecular weight is 465 g/mol. The zero-order valence-electron chi connectivity index (χ0n) is 19.9. The molecule has 0 saturated heterocycles. The topological polar surface area (TPSA) is 52.6 Å². The minimum absolute atomic E-state index is 0.0446. The first-order chi connectivity index (χ1) is 16.2. The molecule has 0 bridgehead atoms. The number of halogens is 2. The van der Waals surface area contributed by atoms with Crippen molar-refractivity contribution in [3.05, 3.63) is 101 Å². The van der Waals surface area contributed by atoms with Crippen LogP contribution in [0, 0.1) is 13.8 Å². The molecular weight excluding hydrogens is 434 g/mol. The van der Waals surface area contributed by atoms with Crippen molar-refractivity contribution in [2.24, 2.45) is 0 Å². The smallest absolute Gasteiger partial charge is 0.269 e. The predicted molar refractivity (Wildman–Crippen MR) is 133 cm³/mol. The van der Waals surface area contributed by atoms with Gasteiger partial charge in [0.2, 0.25) is 0 Å². The molecule has 2 aromatic carbocycles. The minimum atomic E-state index is -3.00. The second-order valence-electron chi connectivity index (χ2n) is 8.22. The highest BCUT2D eigenvalue weighted by molar-refractivity contribution is 5.97. The number of hydrogen-bond donors (Lipinski definition) is 2. The molecule has 0 aromatic heterocycles. The summed E-state index contributed by atoms with van der Waals surface area (Å²) in [4.78, 5) is 13.5. The number of aliphatic hydroxyl groups excluding tert-OH is 1. The predicted octanol–water partition coefficient (Wildman–Crippen LogP) is 5.73. The van der Waals surface area contributed by atoms with Gasteiger partial charge in [0, 0.05) is 24.5 Å². The number of allylic oxidation sites excluding steroid dienone is 2. The first-order valence-corrected chi connectivity index (χ1v) is 11.2. The first kappa shape index (κ1) is 25.1. The molecule has 2 aromatic rings. The summed E-state index contributed by atoms with van der Waals surface area (Å²) in [5, 5.41) is 13.2. The van der Waals surface area contributed by atoms with Gasteiger partial charge in [-0.25, -0.2) is 8.78 Å². The van der Waals surface area contributed by atoms with E-state index in [0.717, 1.165) is 27.8 Å². The number of carbonyl (C=O) groups is 1. The van der Waals surface area contributed by atoms with Gasteiger partial charge in [0.25, 0.3) is 12.3 Å². The van der Waals surface area contributed by atoms with Crippen molar-refractivity contribution in [1.29, 1.82) is 0 Å². The summed E-state index contributed by atoms with van der Waals surface area (Å²) < 4.78 is 27.8. The highest BCUT2D eigenvalue weighted by Crippen LogP contribution is 2.38. The van der Waals surface area contributed by atoms with Crippen molar-refractivity contribution in [2.45, 2.75) is 39.7 Å². The van der Waals surface area contributed by atoms with Crippen LogP contribution in [0.25, 0.3) is 16.7 Å². The molecule has 1 aliphatic heterocycles. The Morgan fingerprint density at radius 3 is 2.44 bits per heavy atom. The molecule has 0 saturated carbocycles. The lowest BCUT2D eigenvalue weighted by Crippen LogP contribution is -2.33. The monoisotopic (exact) mass is 464 g/mol. The molecular formula is C28H30F2N2O2. The fourth-order valence-electron chi connectivity index (χ4n) is 4.26. The van der Waals surface area contributed by atoms with Gasteiger partial charge < -0.3 is 15.3 Å². The van der Waals surface area contributed by atoms with Gasteiger partial charge in [-0.1, -0.05) is 61.5 Å². The summed E-state index contributed by atoms with van der Waals surface area (Å²) in [6.07, 6.45) is -0.114. The molecule has 1 amide bonds. The molecule has 34 heavy (non-hydrogen) atoms. The number of hydrogen-bond acceptors (Lipinski definition) is 3. The summed E-state index contributed by atoms with van der Waals surface area (Å²) >= 11 is 0. The van der Waals surface area contributed by atoms with Crippen LogP contribution in [0.1, 0.15) is 30.0 Å². The number of likely N-dealkylation sites (N-methyl/N-ethyl adjacent to an activating group) is 1. The third-order valence-corrected chi connectivity index (χ3v) is 5.89. The average Bonchev–Trinajstić information content (AvgIpc) is 2.82. The van der Waals surface area contributed by atoms with Gasteiger partial charge in [0.1, 0.15) is 0 Å². The van der Waals surface area contributed by atoms with Gasteiger partial charge in [0.05, 0.1) is 5.70 Å². The standard InChI is InChI=1S/C28H30F2N2O2/c1-6-21(23-9-7-8-10-24(23)22-12-11-17(2)15-18(22)3)25(26(33)27(29)30)32-14-13-20(16-19(32)4)28(34)31-5/h7-16,26-27,33H,4,6H2,1-3,5H3,(H,31,34)/b25-21+. The Labute approximate surface area is 199 Å². The van der Waals surface area contributed by atoms with E-state index in [4.69, 9.17) is 0 Å². The van der Waals surface area contributed by atoms with E-state index in [-0.39, 0.29) is 11.6 Å². The lowest BCUT2D eigenvalue weighted by atomic mass is 9.88. The number of amides is 1. The van der Waals surface area contributed by atoms with Gasteiger partial charge in [-0.2, -0.15) is 0 Å². The van der Waals surface area contributed by atoms with E-state index in [9.17, 15) is 18.7 Å². The number of carbonyl (C=O) groups excluding carboxylic acids is 1. The molecule has 0 radical (unpaired) electrons. The van der Waals surface area contributed by atoms with Gasteiger partial charge in [-0.15, -0.1) is 0 Å². The molecule has 1 atom stereocenters. The van der Waals surface area contributed by atoms with Crippen LogP contribution in [0.5, 0.6) is 0 Å². The Hall–Kier alpha value is -3.51. The molecule has 6 heteroatoms. The van der Waals surface area contributed by atoms with Crippen molar-refractivity contribution >= 4 is 11.5 Å². The quantitative estimate of drug-likeness (QED) is 0.550. The van der Waals surface area contributed by atoms with Crippen molar-refractivity contribution in [2.75, 3.05) is 7.05 Å². The molecule has 3 rings (SSSR count). The molecule has 4 nitrogen and oxygen atoms in total. The Morgan fingerprint density at radius 1 is 1.15 bits per heavy atom. The van der Waals surface area contributed by atoms with E-state index in [2.05, 4.69) is 18.0 Å². The number of aliphatic hydroxyl groups is 1. The van der Waals surface area contributed by atoms with Crippen LogP contribution in [0.2, 0.25) is 0 Å². The largest absolute Gasteiger partial charge is 0.381 e. The van der Waals surface area contributed by atoms with Crippen molar-refractivity contribution in [3.63, 3.8) is 0 Å². The fraction of sp³-hybridized carbons (Fsp3) is 0.250. The van der Waals surface area contributed by atoms with Gasteiger partial charge in [-0.3, -0.25) is 4.79 Å². The second kappa shape index (κ2) is 10.6. The Bertz CT molecular complexity index is 1190. The summed E-state index contributed by atoms with van der Waals surface area (Å²) in [5.74, 6) is -0.312. The lowest BCUT2D eigenvalue weighted by Gasteiger charge is -2.32. The van der Waals surface area contributed by atoms with Crippen LogP contribution in [-0.4, -0.2) is 35.5 Å². The van der Waals surface area contributed by atoms with E-state index in [1.54, 1.807) is 0 Å². The number of nitrogens with one attached hydrogen (secondary N) is 1.